The maximum atomic E-state index is 9.45. The molecule has 0 aliphatic heterocycles. The molecule has 3 aromatic rings. The van der Waals surface area contributed by atoms with E-state index in [9.17, 15) is 5.26 Å². The van der Waals surface area contributed by atoms with Gasteiger partial charge in [0, 0.05) is 11.8 Å². The third kappa shape index (κ3) is 3.16. The van der Waals surface area contributed by atoms with E-state index in [0.29, 0.717) is 17.9 Å². The van der Waals surface area contributed by atoms with Crippen molar-refractivity contribution in [2.45, 2.75) is 20.3 Å². The van der Waals surface area contributed by atoms with Crippen LogP contribution in [0.25, 0.3) is 16.9 Å². The van der Waals surface area contributed by atoms with Gasteiger partial charge in [-0.2, -0.15) is 10.4 Å². The Morgan fingerprint density at radius 1 is 1.17 bits per heavy atom. The van der Waals surface area contributed by atoms with Gasteiger partial charge in [0.1, 0.15) is 17.5 Å². The smallest absolute Gasteiger partial charge is 0.122 e. The van der Waals surface area contributed by atoms with E-state index in [4.69, 9.17) is 4.74 Å². The molecule has 3 rings (SSSR count). The number of nitriles is 1. The maximum Gasteiger partial charge on any atom is 0.122 e. The monoisotopic (exact) mass is 317 g/mol. The molecule has 2 aromatic carbocycles. The molecule has 0 saturated heterocycles. The van der Waals surface area contributed by atoms with Gasteiger partial charge in [-0.25, -0.2) is 4.68 Å². The predicted molar refractivity (Wildman–Crippen MR) is 94.2 cm³/mol. The summed E-state index contributed by atoms with van der Waals surface area (Å²) in [5.41, 5.74) is 4.13. The molecule has 4 heteroatoms. The van der Waals surface area contributed by atoms with E-state index < -0.39 is 0 Å². The van der Waals surface area contributed by atoms with Crippen molar-refractivity contribution < 1.29 is 4.74 Å². The number of nitrogens with zero attached hydrogens (tertiary/aromatic N) is 3. The lowest BCUT2D eigenvalue weighted by Gasteiger charge is -2.09. The second-order valence-corrected chi connectivity index (χ2v) is 5.61. The average Bonchev–Trinajstić information content (AvgIpc) is 3.06. The summed E-state index contributed by atoms with van der Waals surface area (Å²) in [6.45, 7) is 4.79. The van der Waals surface area contributed by atoms with E-state index in [1.807, 2.05) is 55.5 Å². The molecule has 1 heterocycles. The number of rotatable bonds is 5. The van der Waals surface area contributed by atoms with Crippen molar-refractivity contribution in [1.29, 1.82) is 5.26 Å². The number of benzene rings is 2. The van der Waals surface area contributed by atoms with E-state index in [0.717, 1.165) is 29.0 Å². The fourth-order valence-corrected chi connectivity index (χ4v) is 2.55. The summed E-state index contributed by atoms with van der Waals surface area (Å²) >= 11 is 0. The largest absolute Gasteiger partial charge is 0.493 e. The first-order valence-electron chi connectivity index (χ1n) is 8.02. The molecule has 0 unspecified atom stereocenters. The Balaban J connectivity index is 1.99. The summed E-state index contributed by atoms with van der Waals surface area (Å²) in [6.07, 6.45) is 2.74. The topological polar surface area (TPSA) is 50.8 Å². The average molecular weight is 317 g/mol. The van der Waals surface area contributed by atoms with E-state index in [-0.39, 0.29) is 0 Å². The quantitative estimate of drug-likeness (QED) is 0.696. The minimum Gasteiger partial charge on any atom is -0.493 e. The number of hydrogen-bond acceptors (Lipinski definition) is 3. The number of aryl methyl sites for hydroxylation is 1. The van der Waals surface area contributed by atoms with E-state index in [1.165, 1.54) is 0 Å². The van der Waals surface area contributed by atoms with Gasteiger partial charge >= 0.3 is 0 Å². The molecule has 24 heavy (non-hydrogen) atoms. The van der Waals surface area contributed by atoms with Gasteiger partial charge < -0.3 is 4.74 Å². The maximum absolute atomic E-state index is 9.45. The SMILES string of the molecule is CCCOc1ccc(-c2nn(-c3ccccc3)cc2C#N)cc1C. The zero-order chi connectivity index (χ0) is 16.9. The fraction of sp³-hybridized carbons (Fsp3) is 0.200. The Labute approximate surface area is 141 Å². The molecule has 0 amide bonds. The second-order valence-electron chi connectivity index (χ2n) is 5.61. The van der Waals surface area contributed by atoms with Crippen LogP contribution in [0.15, 0.2) is 54.7 Å². The van der Waals surface area contributed by atoms with E-state index in [1.54, 1.807) is 10.9 Å². The predicted octanol–water partition coefficient (Wildman–Crippen LogP) is 4.51. The Morgan fingerprint density at radius 2 is 1.96 bits per heavy atom. The summed E-state index contributed by atoms with van der Waals surface area (Å²) in [5, 5.41) is 14.1. The lowest BCUT2D eigenvalue weighted by Crippen LogP contribution is -1.97. The standard InChI is InChI=1S/C20H19N3O/c1-3-11-24-19-10-9-16(12-15(19)2)20-17(13-21)14-23(22-20)18-7-5-4-6-8-18/h4-10,12,14H,3,11H2,1-2H3. The van der Waals surface area contributed by atoms with Crippen LogP contribution in [-0.4, -0.2) is 16.4 Å². The van der Waals surface area contributed by atoms with Crippen molar-refractivity contribution in [2.24, 2.45) is 0 Å². The van der Waals surface area contributed by atoms with Crippen LogP contribution in [0.1, 0.15) is 24.5 Å². The van der Waals surface area contributed by atoms with Crippen molar-refractivity contribution in [3.63, 3.8) is 0 Å². The fourth-order valence-electron chi connectivity index (χ4n) is 2.55. The first-order chi connectivity index (χ1) is 11.7. The first kappa shape index (κ1) is 15.8. The van der Waals surface area contributed by atoms with Crippen LogP contribution in [0.3, 0.4) is 0 Å². The summed E-state index contributed by atoms with van der Waals surface area (Å²) in [5.74, 6) is 0.876. The summed E-state index contributed by atoms with van der Waals surface area (Å²) in [4.78, 5) is 0. The van der Waals surface area contributed by atoms with Gasteiger partial charge in [-0.3, -0.25) is 0 Å². The van der Waals surface area contributed by atoms with Crippen molar-refractivity contribution in [2.75, 3.05) is 6.61 Å². The summed E-state index contributed by atoms with van der Waals surface area (Å²) < 4.78 is 7.46. The Morgan fingerprint density at radius 3 is 2.62 bits per heavy atom. The molecule has 4 nitrogen and oxygen atoms in total. The van der Waals surface area contributed by atoms with Crippen molar-refractivity contribution in [1.82, 2.24) is 9.78 Å². The van der Waals surface area contributed by atoms with Gasteiger partial charge in [-0.1, -0.05) is 25.1 Å². The first-order valence-corrected chi connectivity index (χ1v) is 8.02. The normalized spacial score (nSPS) is 10.4. The molecule has 0 aliphatic carbocycles. The number of para-hydroxylation sites is 1. The van der Waals surface area contributed by atoms with Crippen LogP contribution >= 0.6 is 0 Å². The third-order valence-corrected chi connectivity index (χ3v) is 3.77. The third-order valence-electron chi connectivity index (χ3n) is 3.77. The van der Waals surface area contributed by atoms with Gasteiger partial charge in [0.05, 0.1) is 17.9 Å². The number of hydrogen-bond donors (Lipinski definition) is 0. The van der Waals surface area contributed by atoms with Gasteiger partial charge in [0.15, 0.2) is 0 Å². The minimum atomic E-state index is 0.556. The molecule has 1 aromatic heterocycles. The van der Waals surface area contributed by atoms with Crippen LogP contribution in [0.5, 0.6) is 5.75 Å². The van der Waals surface area contributed by atoms with Crippen LogP contribution in [0.4, 0.5) is 0 Å². The van der Waals surface area contributed by atoms with Gasteiger partial charge in [-0.05, 0) is 49.2 Å². The van der Waals surface area contributed by atoms with Crippen LogP contribution in [0, 0.1) is 18.3 Å². The zero-order valence-electron chi connectivity index (χ0n) is 13.9. The molecule has 0 N–H and O–H groups in total. The molecule has 0 saturated carbocycles. The van der Waals surface area contributed by atoms with E-state index in [2.05, 4.69) is 18.1 Å². The molecule has 0 spiro atoms. The van der Waals surface area contributed by atoms with Crippen molar-refractivity contribution >= 4 is 0 Å². The highest BCUT2D eigenvalue weighted by atomic mass is 16.5. The molecular weight excluding hydrogens is 298 g/mol. The molecule has 0 fully saturated rings. The highest BCUT2D eigenvalue weighted by Crippen LogP contribution is 2.28. The molecule has 0 aliphatic rings. The Bertz CT molecular complexity index is 876. The Hall–Kier alpha value is -3.06. The van der Waals surface area contributed by atoms with Crippen molar-refractivity contribution in [3.8, 4) is 28.8 Å². The van der Waals surface area contributed by atoms with Crippen LogP contribution in [-0.2, 0) is 0 Å². The van der Waals surface area contributed by atoms with E-state index >= 15 is 0 Å². The number of aromatic nitrogens is 2. The summed E-state index contributed by atoms with van der Waals surface area (Å²) in [7, 11) is 0. The second kappa shape index (κ2) is 7.01. The Kier molecular flexibility index (Phi) is 4.62. The molecule has 0 radical (unpaired) electrons. The van der Waals surface area contributed by atoms with Gasteiger partial charge in [-0.15, -0.1) is 0 Å². The highest BCUT2D eigenvalue weighted by molar-refractivity contribution is 5.68. The minimum absolute atomic E-state index is 0.556. The molecular formula is C20H19N3O. The van der Waals surface area contributed by atoms with Crippen molar-refractivity contribution in [3.05, 3.63) is 65.9 Å². The molecule has 0 bridgehead atoms. The lowest BCUT2D eigenvalue weighted by atomic mass is 10.1. The number of ether oxygens (including phenoxy) is 1. The van der Waals surface area contributed by atoms with Gasteiger partial charge in [0.25, 0.3) is 0 Å². The highest BCUT2D eigenvalue weighted by Gasteiger charge is 2.13. The zero-order valence-corrected chi connectivity index (χ0v) is 13.9. The van der Waals surface area contributed by atoms with Crippen LogP contribution < -0.4 is 4.74 Å². The molecule has 120 valence electrons. The molecule has 0 atom stereocenters. The lowest BCUT2D eigenvalue weighted by molar-refractivity contribution is 0.315. The summed E-state index contributed by atoms with van der Waals surface area (Å²) in [6, 6.07) is 17.9. The van der Waals surface area contributed by atoms with Crippen LogP contribution in [0.2, 0.25) is 0 Å². The van der Waals surface area contributed by atoms with Gasteiger partial charge in [0.2, 0.25) is 0 Å².